The number of hydrogen-bond acceptors (Lipinski definition) is 8. The molecule has 3 N–H and O–H groups in total. The smallest absolute Gasteiger partial charge is 0.416 e. The maximum absolute atomic E-state index is 12.8. The number of halogens is 3. The lowest BCUT2D eigenvalue weighted by molar-refractivity contribution is -0.137. The zero-order chi connectivity index (χ0) is 22.6. The number of phenols is 1. The van der Waals surface area contributed by atoms with Crippen molar-refractivity contribution in [3.05, 3.63) is 30.0 Å². The monoisotopic (exact) mass is 439 g/mol. The Hall–Kier alpha value is -3.48. The van der Waals surface area contributed by atoms with Gasteiger partial charge in [-0.05, 0) is 44.6 Å². The van der Waals surface area contributed by atoms with Gasteiger partial charge in [0, 0.05) is 18.2 Å². The van der Waals surface area contributed by atoms with Crippen LogP contribution in [0.15, 0.2) is 24.4 Å². The molecule has 3 heterocycles. The van der Waals surface area contributed by atoms with Crippen molar-refractivity contribution < 1.29 is 28.2 Å². The SMILES string of the molecule is CN1CCC[C@@H](Nc2nnc(-c3ccc(C(F)(F)F)cc3O)c3cnnn23)C1.O=CO. The fourth-order valence-electron chi connectivity index (χ4n) is 3.40. The van der Waals surface area contributed by atoms with Gasteiger partial charge in [0.15, 0.2) is 0 Å². The van der Waals surface area contributed by atoms with Crippen molar-refractivity contribution in [3.8, 4) is 17.0 Å². The van der Waals surface area contributed by atoms with Crippen molar-refractivity contribution in [2.24, 2.45) is 0 Å². The molecule has 1 fully saturated rings. The van der Waals surface area contributed by atoms with Crippen molar-refractivity contribution in [2.45, 2.75) is 25.1 Å². The summed E-state index contributed by atoms with van der Waals surface area (Å²) in [5, 5.41) is 36.4. The first kappa shape index (κ1) is 22.2. The summed E-state index contributed by atoms with van der Waals surface area (Å²) in [4.78, 5) is 10.6. The molecule has 13 heteroatoms. The minimum absolute atomic E-state index is 0.122. The van der Waals surface area contributed by atoms with Gasteiger partial charge in [-0.1, -0.05) is 5.21 Å². The van der Waals surface area contributed by atoms with Gasteiger partial charge >= 0.3 is 6.18 Å². The Morgan fingerprint density at radius 2 is 2.03 bits per heavy atom. The number of phenolic OH excluding ortho intramolecular Hbond substituents is 1. The van der Waals surface area contributed by atoms with Gasteiger partial charge in [0.05, 0.1) is 11.8 Å². The molecule has 0 amide bonds. The summed E-state index contributed by atoms with van der Waals surface area (Å²) in [6, 6.07) is 2.89. The maximum atomic E-state index is 12.8. The molecule has 1 aliphatic heterocycles. The predicted octanol–water partition coefficient (Wildman–Crippen LogP) is 2.12. The molecule has 2 aromatic heterocycles. The Labute approximate surface area is 174 Å². The van der Waals surface area contributed by atoms with Gasteiger partial charge in [0.25, 0.3) is 6.47 Å². The minimum Gasteiger partial charge on any atom is -0.507 e. The van der Waals surface area contributed by atoms with Crippen LogP contribution in [0.1, 0.15) is 18.4 Å². The minimum atomic E-state index is -4.55. The molecular formula is C18H20F3N7O3. The summed E-state index contributed by atoms with van der Waals surface area (Å²) in [7, 11) is 2.04. The summed E-state index contributed by atoms with van der Waals surface area (Å²) < 4.78 is 39.9. The van der Waals surface area contributed by atoms with Crippen molar-refractivity contribution in [2.75, 3.05) is 25.5 Å². The van der Waals surface area contributed by atoms with Crippen LogP contribution in [0.25, 0.3) is 16.8 Å². The van der Waals surface area contributed by atoms with Crippen LogP contribution in [-0.2, 0) is 11.0 Å². The van der Waals surface area contributed by atoms with Crippen LogP contribution < -0.4 is 5.32 Å². The number of benzene rings is 1. The van der Waals surface area contributed by atoms with Crippen LogP contribution in [0.3, 0.4) is 0 Å². The Bertz CT molecular complexity index is 1060. The topological polar surface area (TPSA) is 129 Å². The van der Waals surface area contributed by atoms with Gasteiger partial charge in [0.2, 0.25) is 5.95 Å². The number of aromatic nitrogens is 5. The molecule has 0 bridgehead atoms. The third kappa shape index (κ3) is 4.99. The van der Waals surface area contributed by atoms with E-state index >= 15 is 0 Å². The number of likely N-dealkylation sites (N-methyl/N-ethyl adjacent to an activating group) is 1. The van der Waals surface area contributed by atoms with Crippen molar-refractivity contribution in [1.29, 1.82) is 0 Å². The van der Waals surface area contributed by atoms with Gasteiger partial charge in [0.1, 0.15) is 17.0 Å². The van der Waals surface area contributed by atoms with E-state index in [1.54, 1.807) is 0 Å². The Balaban J connectivity index is 0.000000858. The maximum Gasteiger partial charge on any atom is 0.416 e. The molecule has 0 spiro atoms. The van der Waals surface area contributed by atoms with Crippen molar-refractivity contribution in [1.82, 2.24) is 29.9 Å². The normalized spacial score (nSPS) is 17.1. The average Bonchev–Trinajstić information content (AvgIpc) is 3.19. The molecule has 0 aliphatic carbocycles. The highest BCUT2D eigenvalue weighted by atomic mass is 19.4. The number of aromatic hydroxyl groups is 1. The summed E-state index contributed by atoms with van der Waals surface area (Å²) in [6.07, 6.45) is -1.08. The molecule has 0 saturated carbocycles. The number of likely N-dealkylation sites (tertiary alicyclic amines) is 1. The van der Waals surface area contributed by atoms with E-state index in [1.807, 2.05) is 7.05 Å². The third-order valence-corrected chi connectivity index (χ3v) is 4.78. The quantitative estimate of drug-likeness (QED) is 0.526. The van der Waals surface area contributed by atoms with E-state index in [0.29, 0.717) is 17.5 Å². The lowest BCUT2D eigenvalue weighted by Gasteiger charge is -2.30. The Morgan fingerprint density at radius 1 is 1.29 bits per heavy atom. The van der Waals surface area contributed by atoms with Crippen LogP contribution in [0.4, 0.5) is 19.1 Å². The molecule has 0 radical (unpaired) electrons. The molecule has 0 unspecified atom stereocenters. The zero-order valence-corrected chi connectivity index (χ0v) is 16.4. The summed E-state index contributed by atoms with van der Waals surface area (Å²) in [6.45, 7) is 1.63. The molecule has 3 aromatic rings. The fraction of sp³-hybridized carbons (Fsp3) is 0.389. The molecule has 10 nitrogen and oxygen atoms in total. The lowest BCUT2D eigenvalue weighted by Crippen LogP contribution is -2.40. The highest BCUT2D eigenvalue weighted by Crippen LogP contribution is 2.37. The van der Waals surface area contributed by atoms with E-state index in [1.165, 1.54) is 16.8 Å². The molecule has 1 aromatic carbocycles. The molecule has 1 atom stereocenters. The molecule has 166 valence electrons. The number of carbonyl (C=O) groups is 1. The molecular weight excluding hydrogens is 419 g/mol. The first-order chi connectivity index (χ1) is 14.7. The standard InChI is InChI=1S/C17H18F3N7O.CH2O2/c1-26-6-2-3-11(9-26)22-16-24-23-15(13-8-21-25-27(13)16)12-5-4-10(7-14(12)28)17(18,19)20;2-1-3/h4-5,7-8,11,28H,2-3,6,9H2,1H3,(H,22,24);1H,(H,2,3)/t11-;/m1./s1. The Morgan fingerprint density at radius 3 is 2.68 bits per heavy atom. The fourth-order valence-corrected chi connectivity index (χ4v) is 3.40. The van der Waals surface area contributed by atoms with Gasteiger partial charge in [-0.25, -0.2) is 0 Å². The second-order valence-corrected chi connectivity index (χ2v) is 6.98. The number of nitrogens with one attached hydrogen (secondary N) is 1. The summed E-state index contributed by atoms with van der Waals surface area (Å²) >= 11 is 0. The number of fused-ring (bicyclic) bond motifs is 1. The van der Waals surface area contributed by atoms with Gasteiger partial charge < -0.3 is 20.4 Å². The second kappa shape index (κ2) is 9.12. The highest BCUT2D eigenvalue weighted by molar-refractivity contribution is 5.80. The van der Waals surface area contributed by atoms with E-state index < -0.39 is 17.5 Å². The van der Waals surface area contributed by atoms with Crippen LogP contribution in [0.5, 0.6) is 5.75 Å². The number of carboxylic acid groups (broad SMARTS) is 1. The van der Waals surface area contributed by atoms with E-state index in [9.17, 15) is 18.3 Å². The molecule has 31 heavy (non-hydrogen) atoms. The number of rotatable bonds is 3. The van der Waals surface area contributed by atoms with Crippen LogP contribution in [-0.4, -0.2) is 72.8 Å². The zero-order valence-electron chi connectivity index (χ0n) is 16.4. The first-order valence-electron chi connectivity index (χ1n) is 9.25. The van der Waals surface area contributed by atoms with Crippen molar-refractivity contribution >= 4 is 17.9 Å². The number of alkyl halides is 3. The average molecular weight is 439 g/mol. The molecule has 1 aliphatic rings. The van der Waals surface area contributed by atoms with Crippen LogP contribution in [0.2, 0.25) is 0 Å². The van der Waals surface area contributed by atoms with Crippen LogP contribution in [0, 0.1) is 0 Å². The van der Waals surface area contributed by atoms with E-state index in [0.717, 1.165) is 32.0 Å². The lowest BCUT2D eigenvalue weighted by atomic mass is 10.1. The Kier molecular flexibility index (Phi) is 6.53. The van der Waals surface area contributed by atoms with Crippen LogP contribution >= 0.6 is 0 Å². The number of hydrogen-bond donors (Lipinski definition) is 3. The van der Waals surface area contributed by atoms with E-state index in [-0.39, 0.29) is 23.8 Å². The number of anilines is 1. The number of piperidine rings is 1. The van der Waals surface area contributed by atoms with Gasteiger partial charge in [-0.15, -0.1) is 15.3 Å². The summed E-state index contributed by atoms with van der Waals surface area (Å²) in [5.74, 6) is -0.148. The van der Waals surface area contributed by atoms with E-state index in [4.69, 9.17) is 9.90 Å². The summed E-state index contributed by atoms with van der Waals surface area (Å²) in [5.41, 5.74) is -0.194. The molecule has 1 saturated heterocycles. The highest BCUT2D eigenvalue weighted by Gasteiger charge is 2.31. The number of nitrogens with zero attached hydrogens (tertiary/aromatic N) is 6. The second-order valence-electron chi connectivity index (χ2n) is 6.98. The van der Waals surface area contributed by atoms with Crippen molar-refractivity contribution in [3.63, 3.8) is 0 Å². The van der Waals surface area contributed by atoms with E-state index in [2.05, 4.69) is 30.7 Å². The third-order valence-electron chi connectivity index (χ3n) is 4.78. The van der Waals surface area contributed by atoms with Gasteiger partial charge in [-0.2, -0.15) is 17.7 Å². The predicted molar refractivity (Wildman–Crippen MR) is 104 cm³/mol. The van der Waals surface area contributed by atoms with Gasteiger partial charge in [-0.3, -0.25) is 4.79 Å². The molecule has 4 rings (SSSR count). The first-order valence-corrected chi connectivity index (χ1v) is 9.25. The largest absolute Gasteiger partial charge is 0.507 e.